The lowest BCUT2D eigenvalue weighted by Crippen LogP contribution is -2.44. The van der Waals surface area contributed by atoms with E-state index in [1.807, 2.05) is 0 Å². The highest BCUT2D eigenvalue weighted by Gasteiger charge is 2.33. The number of halogens is 1. The number of rotatable bonds is 6. The first kappa shape index (κ1) is 22.0. The molecule has 2 aromatic carbocycles. The van der Waals surface area contributed by atoms with Crippen LogP contribution in [0.5, 0.6) is 5.75 Å². The second-order valence-corrected chi connectivity index (χ2v) is 8.41. The van der Waals surface area contributed by atoms with Gasteiger partial charge in [-0.15, -0.1) is 0 Å². The van der Waals surface area contributed by atoms with Crippen molar-refractivity contribution in [3.63, 3.8) is 0 Å². The molecule has 1 aliphatic heterocycles. The Hall–Kier alpha value is -2.69. The largest absolute Gasteiger partial charge is 0.481 e. The van der Waals surface area contributed by atoms with E-state index in [0.29, 0.717) is 26.3 Å². The fraction of sp³-hybridized carbons (Fsp3) is 0.100. The fourth-order valence-corrected chi connectivity index (χ4v) is 4.08. The summed E-state index contributed by atoms with van der Waals surface area (Å²) < 4.78 is 10.7. The van der Waals surface area contributed by atoms with Crippen molar-refractivity contribution >= 4 is 68.1 Å². The second kappa shape index (κ2) is 9.88. The lowest BCUT2D eigenvalue weighted by molar-refractivity contribution is -0.142. The Kier molecular flexibility index (Phi) is 7.24. The standard InChI is InChI=1S/C20H15BrN2O5S2/c1-27-17(24)11-28-15-8-7-12(9-14(15)21)10-16-19(26)23(20(29)30-16)22-18(25)13-5-3-2-4-6-13/h2-10H,11H2,1H3,(H,22,25). The molecule has 0 saturated carbocycles. The van der Waals surface area contributed by atoms with Gasteiger partial charge in [-0.25, -0.2) is 4.79 Å². The third kappa shape index (κ3) is 5.26. The van der Waals surface area contributed by atoms with Gasteiger partial charge in [-0.05, 0) is 64.1 Å². The average molecular weight is 507 g/mol. The number of thiocarbonyl (C=S) groups is 1. The molecule has 1 aliphatic rings. The lowest BCUT2D eigenvalue weighted by Gasteiger charge is -2.15. The van der Waals surface area contributed by atoms with Gasteiger partial charge in [-0.3, -0.25) is 15.0 Å². The summed E-state index contributed by atoms with van der Waals surface area (Å²) in [6.45, 7) is -0.214. The molecule has 3 rings (SSSR count). The van der Waals surface area contributed by atoms with Crippen molar-refractivity contribution in [2.45, 2.75) is 0 Å². The molecule has 0 bridgehead atoms. The zero-order valence-corrected chi connectivity index (χ0v) is 18.8. The lowest BCUT2D eigenvalue weighted by atomic mass is 10.2. The van der Waals surface area contributed by atoms with Crippen LogP contribution < -0.4 is 10.2 Å². The summed E-state index contributed by atoms with van der Waals surface area (Å²) in [6.07, 6.45) is 1.66. The third-order valence-electron chi connectivity index (χ3n) is 3.87. The highest BCUT2D eigenvalue weighted by atomic mass is 79.9. The number of methoxy groups -OCH3 is 1. The first-order valence-corrected chi connectivity index (χ1v) is 10.5. The molecule has 154 valence electrons. The molecule has 2 aromatic rings. The Morgan fingerprint density at radius 1 is 1.23 bits per heavy atom. The van der Waals surface area contributed by atoms with Gasteiger partial charge in [0.05, 0.1) is 16.5 Å². The van der Waals surface area contributed by atoms with Crippen LogP contribution in [0.2, 0.25) is 0 Å². The van der Waals surface area contributed by atoms with Crippen molar-refractivity contribution in [3.05, 3.63) is 69.0 Å². The molecule has 7 nitrogen and oxygen atoms in total. The summed E-state index contributed by atoms with van der Waals surface area (Å²) in [5.74, 6) is -0.883. The average Bonchev–Trinajstić information content (AvgIpc) is 3.00. The summed E-state index contributed by atoms with van der Waals surface area (Å²) in [5.41, 5.74) is 3.66. The Morgan fingerprint density at radius 2 is 1.97 bits per heavy atom. The number of nitrogens with one attached hydrogen (secondary N) is 1. The van der Waals surface area contributed by atoms with E-state index in [0.717, 1.165) is 16.8 Å². The van der Waals surface area contributed by atoms with Gasteiger partial charge in [0.15, 0.2) is 10.9 Å². The summed E-state index contributed by atoms with van der Waals surface area (Å²) in [6, 6.07) is 13.7. The van der Waals surface area contributed by atoms with Crippen LogP contribution >= 0.6 is 39.9 Å². The molecule has 2 amide bonds. The molecule has 10 heteroatoms. The number of hydrogen-bond donors (Lipinski definition) is 1. The van der Waals surface area contributed by atoms with E-state index in [1.54, 1.807) is 54.6 Å². The SMILES string of the molecule is COC(=O)COc1ccc(C=C2SC(=S)N(NC(=O)c3ccccc3)C2=O)cc1Br. The van der Waals surface area contributed by atoms with Gasteiger partial charge in [0, 0.05) is 5.56 Å². The van der Waals surface area contributed by atoms with Crippen molar-refractivity contribution in [2.75, 3.05) is 13.7 Å². The van der Waals surface area contributed by atoms with Gasteiger partial charge >= 0.3 is 5.97 Å². The van der Waals surface area contributed by atoms with Crippen LogP contribution in [0.15, 0.2) is 57.9 Å². The first-order valence-electron chi connectivity index (χ1n) is 8.52. The van der Waals surface area contributed by atoms with E-state index in [4.69, 9.17) is 17.0 Å². The van der Waals surface area contributed by atoms with E-state index in [9.17, 15) is 14.4 Å². The normalized spacial score (nSPS) is 14.7. The summed E-state index contributed by atoms with van der Waals surface area (Å²) in [5, 5.41) is 1.06. The predicted octanol–water partition coefficient (Wildman–Crippen LogP) is 3.55. The van der Waals surface area contributed by atoms with Crippen LogP contribution in [0, 0.1) is 0 Å². The van der Waals surface area contributed by atoms with E-state index >= 15 is 0 Å². The molecule has 1 heterocycles. The molecule has 0 atom stereocenters. The Balaban J connectivity index is 1.71. The Morgan fingerprint density at radius 3 is 2.63 bits per heavy atom. The van der Waals surface area contributed by atoms with Crippen molar-refractivity contribution in [1.82, 2.24) is 10.4 Å². The third-order valence-corrected chi connectivity index (χ3v) is 5.79. The number of hydrogen-bond acceptors (Lipinski definition) is 7. The van der Waals surface area contributed by atoms with E-state index in [-0.39, 0.29) is 10.9 Å². The number of benzene rings is 2. The zero-order valence-electron chi connectivity index (χ0n) is 15.6. The summed E-state index contributed by atoms with van der Waals surface area (Å²) in [4.78, 5) is 36.6. The van der Waals surface area contributed by atoms with Crippen LogP contribution in [0.1, 0.15) is 15.9 Å². The highest BCUT2D eigenvalue weighted by Crippen LogP contribution is 2.33. The van der Waals surface area contributed by atoms with Crippen LogP contribution in [0.3, 0.4) is 0 Å². The highest BCUT2D eigenvalue weighted by molar-refractivity contribution is 9.10. The summed E-state index contributed by atoms with van der Waals surface area (Å²) in [7, 11) is 1.28. The Labute approximate surface area is 190 Å². The minimum atomic E-state index is -0.493. The van der Waals surface area contributed by atoms with E-state index < -0.39 is 17.8 Å². The van der Waals surface area contributed by atoms with Crippen molar-refractivity contribution in [2.24, 2.45) is 0 Å². The van der Waals surface area contributed by atoms with Gasteiger partial charge in [0.25, 0.3) is 11.8 Å². The van der Waals surface area contributed by atoms with Crippen molar-refractivity contribution < 1.29 is 23.9 Å². The zero-order chi connectivity index (χ0) is 21.7. The van der Waals surface area contributed by atoms with Gasteiger partial charge < -0.3 is 9.47 Å². The molecule has 30 heavy (non-hydrogen) atoms. The van der Waals surface area contributed by atoms with Gasteiger partial charge in [0.2, 0.25) is 0 Å². The quantitative estimate of drug-likeness (QED) is 0.364. The van der Waals surface area contributed by atoms with E-state index in [1.165, 1.54) is 7.11 Å². The Bertz CT molecular complexity index is 1040. The van der Waals surface area contributed by atoms with Gasteiger partial charge in [-0.2, -0.15) is 5.01 Å². The maximum atomic E-state index is 12.7. The van der Waals surface area contributed by atoms with Crippen LogP contribution in [0.25, 0.3) is 6.08 Å². The molecule has 0 aliphatic carbocycles. The summed E-state index contributed by atoms with van der Waals surface area (Å²) >= 11 is 9.70. The molecular formula is C20H15BrN2O5S2. The number of nitrogens with zero attached hydrogens (tertiary/aromatic N) is 1. The van der Waals surface area contributed by atoms with Gasteiger partial charge in [0.1, 0.15) is 5.75 Å². The molecule has 0 radical (unpaired) electrons. The number of carbonyl (C=O) groups excluding carboxylic acids is 3. The van der Waals surface area contributed by atoms with Crippen LogP contribution in [0.4, 0.5) is 0 Å². The molecule has 0 spiro atoms. The second-order valence-electron chi connectivity index (χ2n) is 5.88. The molecular weight excluding hydrogens is 492 g/mol. The first-order chi connectivity index (χ1) is 14.4. The fourth-order valence-electron chi connectivity index (χ4n) is 2.39. The maximum Gasteiger partial charge on any atom is 0.343 e. The number of carbonyl (C=O) groups is 3. The van der Waals surface area contributed by atoms with Crippen molar-refractivity contribution in [1.29, 1.82) is 0 Å². The predicted molar refractivity (Wildman–Crippen MR) is 121 cm³/mol. The number of ether oxygens (including phenoxy) is 2. The molecule has 0 unspecified atom stereocenters. The number of hydrazine groups is 1. The topological polar surface area (TPSA) is 84.9 Å². The molecule has 1 N–H and O–H groups in total. The van der Waals surface area contributed by atoms with E-state index in [2.05, 4.69) is 26.1 Å². The molecule has 1 fully saturated rings. The minimum Gasteiger partial charge on any atom is -0.481 e. The number of thioether (sulfide) groups is 1. The van der Waals surface area contributed by atoms with Crippen LogP contribution in [-0.2, 0) is 14.3 Å². The maximum absolute atomic E-state index is 12.7. The monoisotopic (exact) mass is 506 g/mol. The minimum absolute atomic E-state index is 0.214. The molecule has 0 aromatic heterocycles. The number of esters is 1. The van der Waals surface area contributed by atoms with Crippen molar-refractivity contribution in [3.8, 4) is 5.75 Å². The number of amides is 2. The van der Waals surface area contributed by atoms with Gasteiger partial charge in [-0.1, -0.05) is 36.0 Å². The molecule has 1 saturated heterocycles. The van der Waals surface area contributed by atoms with Crippen LogP contribution in [-0.4, -0.2) is 40.8 Å². The smallest absolute Gasteiger partial charge is 0.343 e.